The summed E-state index contributed by atoms with van der Waals surface area (Å²) in [5.74, 6) is 0.919. The van der Waals surface area contributed by atoms with Gasteiger partial charge >= 0.3 is 0 Å². The number of nitrogens with one attached hydrogen (secondary N) is 1. The average molecular weight is 309 g/mol. The van der Waals surface area contributed by atoms with E-state index >= 15 is 0 Å². The molecule has 3 rings (SSSR count). The number of benzene rings is 1. The summed E-state index contributed by atoms with van der Waals surface area (Å²) in [6.45, 7) is 0. The molecule has 1 aromatic carbocycles. The van der Waals surface area contributed by atoms with Gasteiger partial charge in [-0.2, -0.15) is 0 Å². The molecule has 0 radical (unpaired) electrons. The quantitative estimate of drug-likeness (QED) is 0.676. The van der Waals surface area contributed by atoms with Crippen LogP contribution in [0.4, 0.5) is 0 Å². The highest BCUT2D eigenvalue weighted by atomic mass is 127. The highest BCUT2D eigenvalue weighted by molar-refractivity contribution is 14.1. The van der Waals surface area contributed by atoms with Crippen LogP contribution in [-0.4, -0.2) is 4.98 Å². The lowest BCUT2D eigenvalue weighted by atomic mass is 10.1. The summed E-state index contributed by atoms with van der Waals surface area (Å²) < 4.78 is 6.49. The first kappa shape index (κ1) is 9.03. The van der Waals surface area contributed by atoms with Crippen LogP contribution >= 0.6 is 22.6 Å². The molecule has 0 aliphatic rings. The number of furan rings is 1. The normalized spacial score (nSPS) is 11.0. The van der Waals surface area contributed by atoms with Crippen molar-refractivity contribution in [3.8, 4) is 11.3 Å². The first-order valence-electron chi connectivity index (χ1n) is 4.66. The minimum Gasteiger partial charge on any atom is -0.450 e. The highest BCUT2D eigenvalue weighted by Crippen LogP contribution is 2.26. The number of hydrogen-bond donors (Lipinski definition) is 1. The standard InChI is InChI=1S/C12H8INO/c13-12-4-3-11(15-12)9-1-2-10-8(7-9)5-6-14-10/h1-7,14H. The molecule has 0 atom stereocenters. The van der Waals surface area contributed by atoms with Gasteiger partial charge in [0.25, 0.3) is 0 Å². The van der Waals surface area contributed by atoms with Crippen molar-refractivity contribution < 1.29 is 4.42 Å². The van der Waals surface area contributed by atoms with Gasteiger partial charge < -0.3 is 9.40 Å². The lowest BCUT2D eigenvalue weighted by Gasteiger charge is -1.96. The molecule has 0 saturated carbocycles. The van der Waals surface area contributed by atoms with Crippen molar-refractivity contribution in [2.75, 3.05) is 0 Å². The van der Waals surface area contributed by atoms with Crippen LogP contribution in [0.25, 0.3) is 22.2 Å². The Balaban J connectivity index is 2.18. The van der Waals surface area contributed by atoms with Crippen LogP contribution in [0.3, 0.4) is 0 Å². The van der Waals surface area contributed by atoms with Gasteiger partial charge in [0, 0.05) is 22.7 Å². The van der Waals surface area contributed by atoms with E-state index in [1.54, 1.807) is 0 Å². The van der Waals surface area contributed by atoms with Crippen LogP contribution in [-0.2, 0) is 0 Å². The molecule has 0 aliphatic heterocycles. The molecule has 2 heterocycles. The number of aromatic amines is 1. The van der Waals surface area contributed by atoms with Gasteiger partial charge in [0.05, 0.1) is 0 Å². The lowest BCUT2D eigenvalue weighted by Crippen LogP contribution is -1.73. The molecule has 74 valence electrons. The van der Waals surface area contributed by atoms with Crippen LogP contribution in [0.5, 0.6) is 0 Å². The number of rotatable bonds is 1. The summed E-state index contributed by atoms with van der Waals surface area (Å²) in [5, 5.41) is 1.21. The van der Waals surface area contributed by atoms with Crippen LogP contribution in [0.1, 0.15) is 0 Å². The Kier molecular flexibility index (Phi) is 2.05. The van der Waals surface area contributed by atoms with Gasteiger partial charge in [-0.15, -0.1) is 0 Å². The van der Waals surface area contributed by atoms with Crippen LogP contribution < -0.4 is 0 Å². The van der Waals surface area contributed by atoms with Gasteiger partial charge in [-0.05, 0) is 59.0 Å². The molecular formula is C12H8INO. The number of halogens is 1. The van der Waals surface area contributed by atoms with Crippen molar-refractivity contribution >= 4 is 33.5 Å². The Morgan fingerprint density at radius 1 is 1.07 bits per heavy atom. The van der Waals surface area contributed by atoms with Crippen molar-refractivity contribution in [3.63, 3.8) is 0 Å². The van der Waals surface area contributed by atoms with E-state index in [4.69, 9.17) is 4.42 Å². The summed E-state index contributed by atoms with van der Waals surface area (Å²) in [5.41, 5.74) is 2.27. The molecule has 0 fully saturated rings. The fraction of sp³-hybridized carbons (Fsp3) is 0. The Morgan fingerprint density at radius 2 is 2.00 bits per heavy atom. The monoisotopic (exact) mass is 309 g/mol. The predicted octanol–water partition coefficient (Wildman–Crippen LogP) is 4.03. The summed E-state index contributed by atoms with van der Waals surface area (Å²) >= 11 is 2.17. The van der Waals surface area contributed by atoms with Gasteiger partial charge in [-0.3, -0.25) is 0 Å². The second-order valence-corrected chi connectivity index (χ2v) is 4.45. The van der Waals surface area contributed by atoms with Crippen molar-refractivity contribution in [3.05, 3.63) is 46.4 Å². The SMILES string of the molecule is Ic1ccc(-c2ccc3[nH]ccc3c2)o1. The van der Waals surface area contributed by atoms with Gasteiger partial charge in [0.2, 0.25) is 0 Å². The molecular weight excluding hydrogens is 301 g/mol. The van der Waals surface area contributed by atoms with E-state index in [9.17, 15) is 0 Å². The maximum Gasteiger partial charge on any atom is 0.164 e. The third-order valence-electron chi connectivity index (χ3n) is 2.41. The second-order valence-electron chi connectivity index (χ2n) is 3.38. The molecule has 0 amide bonds. The van der Waals surface area contributed by atoms with Crippen LogP contribution in [0.2, 0.25) is 0 Å². The zero-order valence-corrected chi connectivity index (χ0v) is 9.99. The first-order valence-corrected chi connectivity index (χ1v) is 5.74. The predicted molar refractivity (Wildman–Crippen MR) is 68.7 cm³/mol. The highest BCUT2D eigenvalue weighted by Gasteiger charge is 2.04. The topological polar surface area (TPSA) is 28.9 Å². The van der Waals surface area contributed by atoms with E-state index in [2.05, 4.69) is 51.8 Å². The van der Waals surface area contributed by atoms with Crippen molar-refractivity contribution in [1.29, 1.82) is 0 Å². The van der Waals surface area contributed by atoms with E-state index in [0.717, 1.165) is 20.6 Å². The van der Waals surface area contributed by atoms with E-state index in [1.807, 2.05) is 18.3 Å². The summed E-state index contributed by atoms with van der Waals surface area (Å²) in [7, 11) is 0. The molecule has 2 aromatic heterocycles. The molecule has 0 bridgehead atoms. The molecule has 3 heteroatoms. The van der Waals surface area contributed by atoms with Crippen molar-refractivity contribution in [1.82, 2.24) is 4.98 Å². The Hall–Kier alpha value is -1.23. The van der Waals surface area contributed by atoms with Gasteiger partial charge in [0.1, 0.15) is 5.76 Å². The number of fused-ring (bicyclic) bond motifs is 1. The average Bonchev–Trinajstić information content (AvgIpc) is 2.84. The minimum absolute atomic E-state index is 0.914. The third kappa shape index (κ3) is 1.56. The Morgan fingerprint density at radius 3 is 2.80 bits per heavy atom. The summed E-state index contributed by atoms with van der Waals surface area (Å²) in [6.07, 6.45) is 1.94. The van der Waals surface area contributed by atoms with Crippen molar-refractivity contribution in [2.45, 2.75) is 0 Å². The maximum atomic E-state index is 5.57. The molecule has 0 unspecified atom stereocenters. The van der Waals surface area contributed by atoms with Gasteiger partial charge in [0.15, 0.2) is 3.77 Å². The molecule has 0 aliphatic carbocycles. The Bertz CT molecular complexity index is 609. The first-order chi connectivity index (χ1) is 7.33. The third-order valence-corrected chi connectivity index (χ3v) is 2.99. The molecule has 1 N–H and O–H groups in total. The zero-order chi connectivity index (χ0) is 10.3. The lowest BCUT2D eigenvalue weighted by molar-refractivity contribution is 0.553. The minimum atomic E-state index is 0.914. The Labute approximate surface area is 100 Å². The second kappa shape index (κ2) is 3.41. The van der Waals surface area contributed by atoms with E-state index < -0.39 is 0 Å². The van der Waals surface area contributed by atoms with E-state index in [0.29, 0.717) is 0 Å². The van der Waals surface area contributed by atoms with E-state index in [-0.39, 0.29) is 0 Å². The van der Waals surface area contributed by atoms with Gasteiger partial charge in [-0.25, -0.2) is 0 Å². The summed E-state index contributed by atoms with van der Waals surface area (Å²) in [6, 6.07) is 12.3. The van der Waals surface area contributed by atoms with Crippen LogP contribution in [0.15, 0.2) is 47.0 Å². The smallest absolute Gasteiger partial charge is 0.164 e. The molecule has 3 aromatic rings. The largest absolute Gasteiger partial charge is 0.450 e. The fourth-order valence-corrected chi connectivity index (χ4v) is 2.09. The molecule has 15 heavy (non-hydrogen) atoms. The molecule has 0 saturated heterocycles. The van der Waals surface area contributed by atoms with Gasteiger partial charge in [-0.1, -0.05) is 0 Å². The molecule has 2 nitrogen and oxygen atoms in total. The molecule has 0 spiro atoms. The van der Waals surface area contributed by atoms with Crippen molar-refractivity contribution in [2.24, 2.45) is 0 Å². The van der Waals surface area contributed by atoms with E-state index in [1.165, 1.54) is 5.39 Å². The van der Waals surface area contributed by atoms with Crippen LogP contribution in [0, 0.1) is 3.77 Å². The summed E-state index contributed by atoms with van der Waals surface area (Å²) in [4.78, 5) is 3.17. The number of H-pyrrole nitrogens is 1. The zero-order valence-electron chi connectivity index (χ0n) is 7.83. The number of aromatic nitrogens is 1. The maximum absolute atomic E-state index is 5.57. The number of hydrogen-bond acceptors (Lipinski definition) is 1. The fourth-order valence-electron chi connectivity index (χ4n) is 1.68.